The predicted octanol–water partition coefficient (Wildman–Crippen LogP) is 18.6. The second-order valence-electron chi connectivity index (χ2n) is 25.6. The van der Waals surface area contributed by atoms with Crippen molar-refractivity contribution in [1.82, 2.24) is 0 Å². The molecule has 10 aliphatic rings. The van der Waals surface area contributed by atoms with Crippen LogP contribution < -0.4 is 19.3 Å². The minimum absolute atomic E-state index is 0.143. The Hall–Kier alpha value is -7.40. The fourth-order valence-electron chi connectivity index (χ4n) is 17.3. The van der Waals surface area contributed by atoms with E-state index in [-0.39, 0.29) is 34.8 Å². The molecule has 2 unspecified atom stereocenters. The quantitative estimate of drug-likeness (QED) is 0.102. The predicted molar refractivity (Wildman–Crippen MR) is 327 cm³/mol. The van der Waals surface area contributed by atoms with Crippen LogP contribution in [0.2, 0.25) is 0 Å². The third kappa shape index (κ3) is 10.3. The minimum atomic E-state index is -4.53. The van der Waals surface area contributed by atoms with Crippen molar-refractivity contribution < 1.29 is 27.4 Å². The van der Waals surface area contributed by atoms with E-state index < -0.39 is 17.7 Å². The summed E-state index contributed by atoms with van der Waals surface area (Å²) in [5, 5.41) is 20.7. The van der Waals surface area contributed by atoms with Crippen LogP contribution in [0.15, 0.2) is 190 Å². The molecule has 9 aliphatic carbocycles. The summed E-state index contributed by atoms with van der Waals surface area (Å²) in [5.74, 6) is 5.76. The Morgan fingerprint density at radius 1 is 0.619 bits per heavy atom. The number of halogens is 4. The van der Waals surface area contributed by atoms with Gasteiger partial charge in [-0.25, -0.2) is 0 Å². The van der Waals surface area contributed by atoms with E-state index in [4.69, 9.17) is 25.8 Å². The number of allylic oxidation sites excluding steroid dienone is 8. The fourth-order valence-corrected chi connectivity index (χ4v) is 17.5. The molecule has 15 rings (SSSR count). The van der Waals surface area contributed by atoms with Crippen molar-refractivity contribution in [3.8, 4) is 23.6 Å². The summed E-state index contributed by atoms with van der Waals surface area (Å²) in [6, 6.07) is 49.0. The minimum Gasteiger partial charge on any atom is -0.497 e. The molecule has 8 fully saturated rings. The lowest BCUT2D eigenvalue weighted by molar-refractivity contribution is -0.174. The standard InChI is InChI=1S/C73H72ClF3N4O3/c1-44(42-78)71-66(43-79)67(72(2,84-71)57-8-6-5-7-9-57)29-15-52-41-58(73(75,76)77)40-51(68(52)74)14-28-65(49-10-16-59(17-11-49)80(61-20-24-63(82-3)25-21-61)69-53-32-45-30-46(34-53)35-54(69)33-45)50-12-18-60(19-13-50)81(62-22-26-64(83-4)27-23-62)70-55-36-47-31-48(38-55)39-56(70)37-47/h5-29,45-48,53-56,58,69-70H,30-41H2,1-4H3/b29-15+,51-14+,65-28?,71-44-. The topological polar surface area (TPSA) is 81.8 Å². The molecule has 7 nitrogen and oxygen atoms in total. The first-order chi connectivity index (χ1) is 40.7. The van der Waals surface area contributed by atoms with Gasteiger partial charge in [0.25, 0.3) is 0 Å². The SMILES string of the molecule is COc1ccc(N(c2ccc(C(=C/C=C3\CC(C(F)(F)F)CC(/C=C/C4=C(C#N)C(=C(\C)C#N)/OC4(C)c4ccccc4)=C3Cl)c3ccc(N(c4ccc(OC)cc4)C4C5CC6CC(C5)CC4C6)cc3)cc2)C2C3CC4CC(C3)CC2C4)cc1. The molecule has 11 heteroatoms. The van der Waals surface area contributed by atoms with Gasteiger partial charge < -0.3 is 24.0 Å². The molecule has 2 atom stereocenters. The van der Waals surface area contributed by atoms with Crippen molar-refractivity contribution in [1.29, 1.82) is 10.5 Å². The number of hydrogen-bond acceptors (Lipinski definition) is 7. The molecular formula is C73H72ClF3N4O3. The average Bonchev–Trinajstić information content (AvgIpc) is 1.37. The van der Waals surface area contributed by atoms with Gasteiger partial charge in [-0.3, -0.25) is 0 Å². The Morgan fingerprint density at radius 3 is 1.46 bits per heavy atom. The lowest BCUT2D eigenvalue weighted by Gasteiger charge is -2.57. The molecule has 5 aromatic rings. The molecule has 8 saturated carbocycles. The summed E-state index contributed by atoms with van der Waals surface area (Å²) >= 11 is 7.37. The van der Waals surface area contributed by atoms with Crippen LogP contribution in [0, 0.1) is 75.9 Å². The summed E-state index contributed by atoms with van der Waals surface area (Å²) in [5.41, 5.74) is 8.14. The molecule has 1 heterocycles. The molecule has 0 saturated heterocycles. The zero-order chi connectivity index (χ0) is 58.0. The number of rotatable bonds is 14. The van der Waals surface area contributed by atoms with E-state index >= 15 is 13.2 Å². The zero-order valence-electron chi connectivity index (χ0n) is 48.3. The van der Waals surface area contributed by atoms with E-state index in [9.17, 15) is 10.5 Å². The largest absolute Gasteiger partial charge is 0.497 e. The van der Waals surface area contributed by atoms with E-state index in [0.29, 0.717) is 52.5 Å². The first-order valence-corrected chi connectivity index (χ1v) is 30.7. The van der Waals surface area contributed by atoms with E-state index in [0.717, 1.165) is 80.2 Å². The molecule has 0 spiro atoms. The average molecular weight is 1150 g/mol. The van der Waals surface area contributed by atoms with Gasteiger partial charge in [-0.15, -0.1) is 0 Å². The van der Waals surface area contributed by atoms with Crippen molar-refractivity contribution in [2.45, 2.75) is 115 Å². The molecule has 0 aromatic heterocycles. The van der Waals surface area contributed by atoms with Gasteiger partial charge in [-0.1, -0.05) is 90.5 Å². The van der Waals surface area contributed by atoms with Gasteiger partial charge in [-0.2, -0.15) is 23.7 Å². The summed E-state index contributed by atoms with van der Waals surface area (Å²) < 4.78 is 63.5. The van der Waals surface area contributed by atoms with Gasteiger partial charge in [0.2, 0.25) is 0 Å². The van der Waals surface area contributed by atoms with Crippen molar-refractivity contribution in [2.75, 3.05) is 24.0 Å². The summed E-state index contributed by atoms with van der Waals surface area (Å²) in [6.07, 6.45) is 14.7. The van der Waals surface area contributed by atoms with Crippen LogP contribution in [0.3, 0.4) is 0 Å². The molecule has 0 amide bonds. The molecule has 0 radical (unpaired) electrons. The van der Waals surface area contributed by atoms with Crippen LogP contribution in [-0.2, 0) is 10.3 Å². The Bertz CT molecular complexity index is 3390. The Kier molecular flexibility index (Phi) is 15.0. The Morgan fingerprint density at radius 2 is 1.06 bits per heavy atom. The number of benzene rings is 5. The number of alkyl halides is 3. The zero-order valence-corrected chi connectivity index (χ0v) is 49.1. The second-order valence-corrected chi connectivity index (χ2v) is 26.0. The van der Waals surface area contributed by atoms with Gasteiger partial charge in [0.05, 0.1) is 31.8 Å². The first-order valence-electron chi connectivity index (χ1n) is 30.3. The number of anilines is 4. The first kappa shape index (κ1) is 55.8. The summed E-state index contributed by atoms with van der Waals surface area (Å²) in [6.45, 7) is 3.39. The second kappa shape index (κ2) is 22.5. The molecule has 0 N–H and O–H groups in total. The van der Waals surface area contributed by atoms with Gasteiger partial charge >= 0.3 is 6.18 Å². The van der Waals surface area contributed by atoms with Crippen LogP contribution >= 0.6 is 11.6 Å². The van der Waals surface area contributed by atoms with Crippen molar-refractivity contribution in [3.63, 3.8) is 0 Å². The van der Waals surface area contributed by atoms with Crippen molar-refractivity contribution >= 4 is 39.9 Å². The fraction of sp³-hybridized carbons (Fsp3) is 0.397. The van der Waals surface area contributed by atoms with E-state index in [1.165, 1.54) is 64.2 Å². The molecule has 84 heavy (non-hydrogen) atoms. The van der Waals surface area contributed by atoms with Gasteiger partial charge in [-0.05, 0) is 244 Å². The highest BCUT2D eigenvalue weighted by molar-refractivity contribution is 6.32. The van der Waals surface area contributed by atoms with E-state index in [1.807, 2.05) is 43.3 Å². The number of nitrogens with zero attached hydrogens (tertiary/aromatic N) is 4. The highest BCUT2D eigenvalue weighted by atomic mass is 35.5. The molecular weight excluding hydrogens is 1070 g/mol. The molecule has 5 aromatic carbocycles. The smallest absolute Gasteiger partial charge is 0.392 e. The van der Waals surface area contributed by atoms with Gasteiger partial charge in [0.15, 0.2) is 11.4 Å². The third-order valence-corrected chi connectivity index (χ3v) is 21.2. The molecule has 430 valence electrons. The lowest BCUT2D eigenvalue weighted by atomic mass is 9.53. The van der Waals surface area contributed by atoms with Crippen LogP contribution in [-0.4, -0.2) is 32.5 Å². The summed E-state index contributed by atoms with van der Waals surface area (Å²) in [4.78, 5) is 5.18. The van der Waals surface area contributed by atoms with Crippen LogP contribution in [0.4, 0.5) is 35.9 Å². The summed E-state index contributed by atoms with van der Waals surface area (Å²) in [7, 11) is 3.40. The van der Waals surface area contributed by atoms with Crippen LogP contribution in [0.1, 0.15) is 108 Å². The number of ether oxygens (including phenoxy) is 3. The highest BCUT2D eigenvalue weighted by Gasteiger charge is 2.52. The Labute approximate surface area is 498 Å². The highest BCUT2D eigenvalue weighted by Crippen LogP contribution is 2.59. The Balaban J connectivity index is 0.917. The van der Waals surface area contributed by atoms with Crippen molar-refractivity contribution in [2.24, 2.45) is 53.3 Å². The van der Waals surface area contributed by atoms with Gasteiger partial charge in [0, 0.05) is 45.4 Å². The maximum Gasteiger partial charge on any atom is 0.392 e. The number of nitriles is 2. The normalized spacial score (nSPS) is 30.3. The number of methoxy groups -OCH3 is 2. The number of hydrogen-bond donors (Lipinski definition) is 0. The third-order valence-electron chi connectivity index (χ3n) is 20.7. The monoisotopic (exact) mass is 1140 g/mol. The van der Waals surface area contributed by atoms with Crippen molar-refractivity contribution in [3.05, 3.63) is 207 Å². The van der Waals surface area contributed by atoms with Crippen LogP contribution in [0.5, 0.6) is 11.5 Å². The van der Waals surface area contributed by atoms with E-state index in [2.05, 4.69) is 119 Å². The molecule has 1 aliphatic heterocycles. The lowest BCUT2D eigenvalue weighted by Crippen LogP contribution is -2.54. The van der Waals surface area contributed by atoms with E-state index in [1.54, 1.807) is 39.4 Å². The van der Waals surface area contributed by atoms with Gasteiger partial charge in [0.1, 0.15) is 23.1 Å². The van der Waals surface area contributed by atoms with Crippen LogP contribution in [0.25, 0.3) is 5.57 Å². The maximum absolute atomic E-state index is 15.3. The maximum atomic E-state index is 15.3. The molecule has 8 bridgehead atoms.